The summed E-state index contributed by atoms with van der Waals surface area (Å²) >= 11 is 0. The average Bonchev–Trinajstić information content (AvgIpc) is 3.26. The van der Waals surface area contributed by atoms with E-state index in [-0.39, 0.29) is 23.9 Å². The van der Waals surface area contributed by atoms with Gasteiger partial charge < -0.3 is 19.5 Å². The van der Waals surface area contributed by atoms with Gasteiger partial charge in [0.25, 0.3) is 0 Å². The minimum atomic E-state index is -0.850. The largest absolute Gasteiger partial charge is 0.457 e. The van der Waals surface area contributed by atoms with E-state index in [1.807, 2.05) is 6.92 Å². The summed E-state index contributed by atoms with van der Waals surface area (Å²) in [5.41, 5.74) is 0.445. The predicted molar refractivity (Wildman–Crippen MR) is 143 cm³/mol. The number of benzene rings is 3. The molecule has 1 aliphatic rings. The van der Waals surface area contributed by atoms with Gasteiger partial charge in [-0.15, -0.1) is 0 Å². The molecule has 4 rings (SSSR count). The van der Waals surface area contributed by atoms with Crippen LogP contribution >= 0.6 is 0 Å². The normalized spacial score (nSPS) is 17.1. The van der Waals surface area contributed by atoms with Gasteiger partial charge >= 0.3 is 0 Å². The fourth-order valence-corrected chi connectivity index (χ4v) is 4.82. The zero-order valence-corrected chi connectivity index (χ0v) is 22.1. The van der Waals surface area contributed by atoms with Crippen molar-refractivity contribution in [3.8, 4) is 23.0 Å². The molecule has 1 fully saturated rings. The lowest BCUT2D eigenvalue weighted by Gasteiger charge is -2.25. The van der Waals surface area contributed by atoms with Gasteiger partial charge in [0, 0.05) is 31.1 Å². The van der Waals surface area contributed by atoms with Crippen molar-refractivity contribution in [1.29, 1.82) is 0 Å². The molecule has 3 aromatic rings. The Kier molecular flexibility index (Phi) is 8.47. The number of halogens is 1. The van der Waals surface area contributed by atoms with Crippen LogP contribution in [0.25, 0.3) is 0 Å². The van der Waals surface area contributed by atoms with E-state index >= 15 is 0 Å². The van der Waals surface area contributed by atoms with Gasteiger partial charge in [-0.25, -0.2) is 4.39 Å². The van der Waals surface area contributed by atoms with Gasteiger partial charge in [-0.1, -0.05) is 20.8 Å². The van der Waals surface area contributed by atoms with Crippen molar-refractivity contribution in [2.45, 2.75) is 52.1 Å². The lowest BCUT2D eigenvalue weighted by Crippen LogP contribution is -2.37. The third-order valence-electron chi connectivity index (χ3n) is 6.55. The van der Waals surface area contributed by atoms with E-state index < -0.39 is 5.60 Å². The summed E-state index contributed by atoms with van der Waals surface area (Å²) in [6.45, 7) is 6.77. The van der Waals surface area contributed by atoms with Crippen LogP contribution in [-0.4, -0.2) is 40.4 Å². The highest BCUT2D eigenvalue weighted by molar-refractivity contribution is 5.95. The number of amides is 1. The molecular formula is C31H34FNO5. The summed E-state index contributed by atoms with van der Waals surface area (Å²) in [6.07, 6.45) is 1.75. The Hall–Kier alpha value is -3.71. The monoisotopic (exact) mass is 519 g/mol. The number of hydrogen-bond acceptors (Lipinski definition) is 5. The van der Waals surface area contributed by atoms with Crippen molar-refractivity contribution in [2.24, 2.45) is 5.92 Å². The van der Waals surface area contributed by atoms with E-state index in [2.05, 4.69) is 13.8 Å². The highest BCUT2D eigenvalue weighted by Gasteiger charge is 2.38. The van der Waals surface area contributed by atoms with Gasteiger partial charge in [-0.05, 0) is 85.0 Å². The molecule has 0 radical (unpaired) electrons. The Balaban J connectivity index is 1.54. The summed E-state index contributed by atoms with van der Waals surface area (Å²) in [4.78, 5) is 26.8. The first kappa shape index (κ1) is 27.3. The maximum atomic E-state index is 13.4. The second kappa shape index (κ2) is 11.8. The Labute approximate surface area is 223 Å². The Morgan fingerprint density at radius 3 is 2.08 bits per heavy atom. The molecule has 1 aliphatic heterocycles. The second-order valence-corrected chi connectivity index (χ2v) is 10.3. The van der Waals surface area contributed by atoms with Gasteiger partial charge in [-0.2, -0.15) is 0 Å². The molecule has 1 saturated heterocycles. The standard InChI is InChI=1S/C31H34FNO5/c1-4-29(34)23-5-9-25(10-6-23)37-27-15-22(16-28(18-27)38-26-11-7-24(32)8-12-26)17-30(35)33-14-13-31(36,20-33)19-21(2)3/h5-12,15-16,18,21,36H,4,13-14,17,19-20H2,1-3H3. The Morgan fingerprint density at radius 2 is 1.53 bits per heavy atom. The van der Waals surface area contributed by atoms with Gasteiger partial charge in [0.05, 0.1) is 12.0 Å². The molecule has 200 valence electrons. The lowest BCUT2D eigenvalue weighted by atomic mass is 9.92. The third kappa shape index (κ3) is 7.19. The van der Waals surface area contributed by atoms with E-state index in [1.54, 1.807) is 47.4 Å². The van der Waals surface area contributed by atoms with Crippen LogP contribution in [-0.2, 0) is 11.2 Å². The fraction of sp³-hybridized carbons (Fsp3) is 0.355. The first-order valence-electron chi connectivity index (χ1n) is 13.0. The number of β-amino-alcohol motifs (C(OH)–C–C–N with tert-alkyl or cyclic N) is 1. The van der Waals surface area contributed by atoms with Crippen LogP contribution in [0.3, 0.4) is 0 Å². The fourth-order valence-electron chi connectivity index (χ4n) is 4.82. The van der Waals surface area contributed by atoms with Crippen molar-refractivity contribution < 1.29 is 28.6 Å². The van der Waals surface area contributed by atoms with E-state index in [4.69, 9.17) is 9.47 Å². The van der Waals surface area contributed by atoms with Crippen LogP contribution in [0.5, 0.6) is 23.0 Å². The number of ether oxygens (including phenoxy) is 2. The second-order valence-electron chi connectivity index (χ2n) is 10.3. The van der Waals surface area contributed by atoms with E-state index in [1.165, 1.54) is 24.3 Å². The molecule has 0 spiro atoms. The smallest absolute Gasteiger partial charge is 0.227 e. The molecule has 0 saturated carbocycles. The first-order valence-corrected chi connectivity index (χ1v) is 13.0. The number of Topliss-reactive ketones (excluding diaryl/α,β-unsaturated/α-hetero) is 1. The van der Waals surface area contributed by atoms with Gasteiger partial charge in [0.15, 0.2) is 5.78 Å². The quantitative estimate of drug-likeness (QED) is 0.307. The zero-order chi connectivity index (χ0) is 27.3. The Morgan fingerprint density at radius 1 is 0.947 bits per heavy atom. The van der Waals surface area contributed by atoms with Crippen LogP contribution in [0.4, 0.5) is 4.39 Å². The maximum Gasteiger partial charge on any atom is 0.227 e. The number of carbonyl (C=O) groups excluding carboxylic acids is 2. The summed E-state index contributed by atoms with van der Waals surface area (Å²) in [5, 5.41) is 10.9. The third-order valence-corrected chi connectivity index (χ3v) is 6.55. The number of rotatable bonds is 10. The lowest BCUT2D eigenvalue weighted by molar-refractivity contribution is -0.130. The van der Waals surface area contributed by atoms with Crippen LogP contribution in [0, 0.1) is 11.7 Å². The van der Waals surface area contributed by atoms with E-state index in [9.17, 15) is 19.1 Å². The highest BCUT2D eigenvalue weighted by atomic mass is 19.1. The van der Waals surface area contributed by atoms with E-state index in [0.29, 0.717) is 72.4 Å². The average molecular weight is 520 g/mol. The molecule has 0 aliphatic carbocycles. The van der Waals surface area contributed by atoms with Crippen molar-refractivity contribution in [2.75, 3.05) is 13.1 Å². The summed E-state index contributed by atoms with van der Waals surface area (Å²) < 4.78 is 25.4. The number of carbonyl (C=O) groups is 2. The van der Waals surface area contributed by atoms with Gasteiger partial charge in [0.1, 0.15) is 28.8 Å². The SMILES string of the molecule is CCC(=O)c1ccc(Oc2cc(CC(=O)N3CCC(O)(CC(C)C)C3)cc(Oc3ccc(F)cc3)c2)cc1. The maximum absolute atomic E-state index is 13.4. The molecule has 1 unspecified atom stereocenters. The van der Waals surface area contributed by atoms with Crippen LogP contribution in [0.2, 0.25) is 0 Å². The topological polar surface area (TPSA) is 76.1 Å². The van der Waals surface area contributed by atoms with Crippen molar-refractivity contribution in [3.63, 3.8) is 0 Å². The molecule has 38 heavy (non-hydrogen) atoms. The minimum Gasteiger partial charge on any atom is -0.457 e. The minimum absolute atomic E-state index is 0.0502. The number of nitrogens with zero attached hydrogens (tertiary/aromatic N) is 1. The van der Waals surface area contributed by atoms with Crippen molar-refractivity contribution in [1.82, 2.24) is 4.90 Å². The van der Waals surface area contributed by atoms with Gasteiger partial charge in [0.2, 0.25) is 5.91 Å². The molecule has 1 atom stereocenters. The highest BCUT2D eigenvalue weighted by Crippen LogP contribution is 2.32. The molecule has 1 heterocycles. The number of aliphatic hydroxyl groups is 1. The molecular weight excluding hydrogens is 485 g/mol. The summed E-state index contributed by atoms with van der Waals surface area (Å²) in [7, 11) is 0. The molecule has 7 heteroatoms. The zero-order valence-electron chi connectivity index (χ0n) is 22.1. The van der Waals surface area contributed by atoms with Gasteiger partial charge in [-0.3, -0.25) is 9.59 Å². The molecule has 0 aromatic heterocycles. The molecule has 1 amide bonds. The Bertz CT molecular complexity index is 1270. The first-order chi connectivity index (χ1) is 18.1. The van der Waals surface area contributed by atoms with Crippen molar-refractivity contribution >= 4 is 11.7 Å². The molecule has 6 nitrogen and oxygen atoms in total. The predicted octanol–water partition coefficient (Wildman–Crippen LogP) is 6.56. The number of hydrogen-bond donors (Lipinski definition) is 1. The molecule has 0 bridgehead atoms. The van der Waals surface area contributed by atoms with E-state index in [0.717, 1.165) is 0 Å². The number of ketones is 1. The van der Waals surface area contributed by atoms with Crippen LogP contribution in [0.1, 0.15) is 56.0 Å². The summed E-state index contributed by atoms with van der Waals surface area (Å²) in [6, 6.07) is 17.8. The number of likely N-dealkylation sites (tertiary alicyclic amines) is 1. The van der Waals surface area contributed by atoms with Crippen LogP contribution in [0.15, 0.2) is 66.7 Å². The summed E-state index contributed by atoms with van der Waals surface area (Å²) in [5.74, 6) is 1.81. The van der Waals surface area contributed by atoms with Crippen LogP contribution < -0.4 is 9.47 Å². The molecule has 1 N–H and O–H groups in total. The van der Waals surface area contributed by atoms with Crippen molar-refractivity contribution in [3.05, 3.63) is 83.7 Å². The molecule has 3 aromatic carbocycles.